The minimum atomic E-state index is -0.888. The Bertz CT molecular complexity index is 357. The third-order valence-electron chi connectivity index (χ3n) is 4.00. The first-order valence-corrected chi connectivity index (χ1v) is 8.53. The SMILES string of the molecule is CC1OC(OCCCCCCCCC=CC(=O)O)C(O)CC1O. The maximum atomic E-state index is 10.3. The van der Waals surface area contributed by atoms with E-state index >= 15 is 0 Å². The quantitative estimate of drug-likeness (QED) is 0.397. The lowest BCUT2D eigenvalue weighted by atomic mass is 10.0. The summed E-state index contributed by atoms with van der Waals surface area (Å²) in [6.07, 6.45) is 8.02. The molecular formula is C17H30O6. The monoisotopic (exact) mass is 330 g/mol. The topological polar surface area (TPSA) is 96.2 Å². The Balaban J connectivity index is 1.92. The lowest BCUT2D eigenvalue weighted by molar-refractivity contribution is -0.261. The smallest absolute Gasteiger partial charge is 0.327 e. The molecule has 1 aliphatic heterocycles. The van der Waals surface area contributed by atoms with Crippen molar-refractivity contribution in [3.8, 4) is 0 Å². The van der Waals surface area contributed by atoms with Gasteiger partial charge in [-0.15, -0.1) is 0 Å². The summed E-state index contributed by atoms with van der Waals surface area (Å²) in [7, 11) is 0. The van der Waals surface area contributed by atoms with Crippen molar-refractivity contribution in [2.24, 2.45) is 0 Å². The van der Waals surface area contributed by atoms with E-state index in [0.29, 0.717) is 13.0 Å². The molecular weight excluding hydrogens is 300 g/mol. The van der Waals surface area contributed by atoms with Crippen molar-refractivity contribution < 1.29 is 29.6 Å². The molecule has 0 aliphatic carbocycles. The van der Waals surface area contributed by atoms with Crippen LogP contribution in [0.4, 0.5) is 0 Å². The summed E-state index contributed by atoms with van der Waals surface area (Å²) in [6.45, 7) is 2.32. The van der Waals surface area contributed by atoms with Crippen LogP contribution in [0.3, 0.4) is 0 Å². The van der Waals surface area contributed by atoms with Crippen LogP contribution in [0, 0.1) is 0 Å². The predicted molar refractivity (Wildman–Crippen MR) is 86.0 cm³/mol. The molecule has 1 rings (SSSR count). The molecule has 134 valence electrons. The number of ether oxygens (including phenoxy) is 2. The second-order valence-electron chi connectivity index (χ2n) is 6.10. The minimum absolute atomic E-state index is 0.294. The van der Waals surface area contributed by atoms with E-state index in [4.69, 9.17) is 14.6 Å². The highest BCUT2D eigenvalue weighted by Gasteiger charge is 2.34. The molecule has 23 heavy (non-hydrogen) atoms. The Morgan fingerprint density at radius 2 is 1.78 bits per heavy atom. The zero-order chi connectivity index (χ0) is 17.1. The van der Waals surface area contributed by atoms with Crippen molar-refractivity contribution in [3.63, 3.8) is 0 Å². The molecule has 1 saturated heterocycles. The number of unbranched alkanes of at least 4 members (excludes halogenated alkanes) is 6. The molecule has 0 aromatic carbocycles. The maximum Gasteiger partial charge on any atom is 0.327 e. The van der Waals surface area contributed by atoms with Crippen LogP contribution in [0.2, 0.25) is 0 Å². The zero-order valence-corrected chi connectivity index (χ0v) is 13.9. The summed E-state index contributed by atoms with van der Waals surface area (Å²) >= 11 is 0. The summed E-state index contributed by atoms with van der Waals surface area (Å²) < 4.78 is 11.0. The van der Waals surface area contributed by atoms with Crippen LogP contribution in [-0.4, -0.2) is 52.5 Å². The molecule has 4 unspecified atom stereocenters. The first-order chi connectivity index (χ1) is 11.0. The van der Waals surface area contributed by atoms with E-state index in [1.54, 1.807) is 13.0 Å². The molecule has 0 spiro atoms. The summed E-state index contributed by atoms with van der Waals surface area (Å²) in [6, 6.07) is 0. The fourth-order valence-corrected chi connectivity index (χ4v) is 2.55. The molecule has 0 radical (unpaired) electrons. The molecule has 0 aromatic rings. The molecule has 3 N–H and O–H groups in total. The van der Waals surface area contributed by atoms with E-state index in [0.717, 1.165) is 44.9 Å². The number of carboxylic acid groups (broad SMARTS) is 1. The molecule has 4 atom stereocenters. The number of aliphatic hydroxyl groups is 2. The molecule has 6 nitrogen and oxygen atoms in total. The Morgan fingerprint density at radius 3 is 2.48 bits per heavy atom. The number of aliphatic hydroxyl groups excluding tert-OH is 2. The number of allylic oxidation sites excluding steroid dienone is 1. The summed E-state index contributed by atoms with van der Waals surface area (Å²) in [5.41, 5.74) is 0. The lowest BCUT2D eigenvalue weighted by Crippen LogP contribution is -2.47. The van der Waals surface area contributed by atoms with Crippen molar-refractivity contribution in [2.75, 3.05) is 6.61 Å². The van der Waals surface area contributed by atoms with Gasteiger partial charge in [-0.3, -0.25) is 0 Å². The van der Waals surface area contributed by atoms with Gasteiger partial charge in [0, 0.05) is 19.1 Å². The van der Waals surface area contributed by atoms with Gasteiger partial charge in [0.25, 0.3) is 0 Å². The lowest BCUT2D eigenvalue weighted by Gasteiger charge is -2.35. The zero-order valence-electron chi connectivity index (χ0n) is 13.9. The predicted octanol–water partition coefficient (Wildman–Crippen LogP) is 2.23. The van der Waals surface area contributed by atoms with Crippen LogP contribution >= 0.6 is 0 Å². The van der Waals surface area contributed by atoms with Gasteiger partial charge in [-0.1, -0.05) is 31.8 Å². The van der Waals surface area contributed by atoms with E-state index in [-0.39, 0.29) is 6.10 Å². The number of rotatable bonds is 11. The average Bonchev–Trinajstić information content (AvgIpc) is 2.49. The van der Waals surface area contributed by atoms with E-state index in [1.165, 1.54) is 6.08 Å². The van der Waals surface area contributed by atoms with E-state index in [1.807, 2.05) is 0 Å². The molecule has 0 saturated carbocycles. The van der Waals surface area contributed by atoms with Crippen LogP contribution in [-0.2, 0) is 14.3 Å². The van der Waals surface area contributed by atoms with Gasteiger partial charge >= 0.3 is 5.97 Å². The van der Waals surface area contributed by atoms with Crippen LogP contribution in [0.1, 0.15) is 58.3 Å². The minimum Gasteiger partial charge on any atom is -0.478 e. The highest BCUT2D eigenvalue weighted by molar-refractivity contribution is 5.79. The number of carbonyl (C=O) groups is 1. The summed E-state index contributed by atoms with van der Waals surface area (Å²) in [5.74, 6) is -0.888. The summed E-state index contributed by atoms with van der Waals surface area (Å²) in [5, 5.41) is 27.8. The van der Waals surface area contributed by atoms with E-state index in [2.05, 4.69) is 0 Å². The van der Waals surface area contributed by atoms with E-state index in [9.17, 15) is 15.0 Å². The molecule has 6 heteroatoms. The average molecular weight is 330 g/mol. The van der Waals surface area contributed by atoms with Gasteiger partial charge in [0.15, 0.2) is 6.29 Å². The van der Waals surface area contributed by atoms with Crippen molar-refractivity contribution in [1.82, 2.24) is 0 Å². The van der Waals surface area contributed by atoms with Gasteiger partial charge in [-0.2, -0.15) is 0 Å². The Morgan fingerprint density at radius 1 is 1.13 bits per heavy atom. The third-order valence-corrected chi connectivity index (χ3v) is 4.00. The first-order valence-electron chi connectivity index (χ1n) is 8.53. The molecule has 1 heterocycles. The van der Waals surface area contributed by atoms with Gasteiger partial charge in [0.2, 0.25) is 0 Å². The molecule has 1 fully saturated rings. The number of hydrogen-bond acceptors (Lipinski definition) is 5. The fraction of sp³-hybridized carbons (Fsp3) is 0.824. The van der Waals surface area contributed by atoms with Crippen molar-refractivity contribution in [3.05, 3.63) is 12.2 Å². The first kappa shape index (κ1) is 20.1. The second-order valence-corrected chi connectivity index (χ2v) is 6.10. The Kier molecular flexibility index (Phi) is 10.1. The Labute approximate surface area is 138 Å². The molecule has 0 aromatic heterocycles. The summed E-state index contributed by atoms with van der Waals surface area (Å²) in [4.78, 5) is 10.3. The van der Waals surface area contributed by atoms with Crippen molar-refractivity contribution >= 4 is 5.97 Å². The molecule has 0 bridgehead atoms. The molecule has 0 amide bonds. The normalized spacial score (nSPS) is 28.3. The highest BCUT2D eigenvalue weighted by Crippen LogP contribution is 2.21. The van der Waals surface area contributed by atoms with Crippen LogP contribution in [0.5, 0.6) is 0 Å². The number of hydrogen-bond donors (Lipinski definition) is 3. The third kappa shape index (κ3) is 9.05. The standard InChI is InChI=1S/C17H30O6/c1-13-14(18)12-15(19)17(23-13)22-11-9-7-5-3-2-4-6-8-10-16(20)21/h8,10,13-15,17-19H,2-7,9,11-12H2,1H3,(H,20,21). The van der Waals surface area contributed by atoms with Crippen molar-refractivity contribution in [2.45, 2.75) is 82.9 Å². The van der Waals surface area contributed by atoms with Crippen molar-refractivity contribution in [1.29, 1.82) is 0 Å². The highest BCUT2D eigenvalue weighted by atomic mass is 16.7. The fourth-order valence-electron chi connectivity index (χ4n) is 2.55. The number of carboxylic acids is 1. The van der Waals surface area contributed by atoms with Gasteiger partial charge in [0.1, 0.15) is 6.10 Å². The van der Waals surface area contributed by atoms with Gasteiger partial charge in [0.05, 0.1) is 12.2 Å². The van der Waals surface area contributed by atoms with Gasteiger partial charge < -0.3 is 24.8 Å². The van der Waals surface area contributed by atoms with E-state index < -0.39 is 24.5 Å². The van der Waals surface area contributed by atoms with Crippen LogP contribution in [0.25, 0.3) is 0 Å². The van der Waals surface area contributed by atoms with Gasteiger partial charge in [-0.25, -0.2) is 4.79 Å². The second kappa shape index (κ2) is 11.6. The maximum absolute atomic E-state index is 10.3. The van der Waals surface area contributed by atoms with Crippen LogP contribution < -0.4 is 0 Å². The molecule has 1 aliphatic rings. The largest absolute Gasteiger partial charge is 0.478 e. The van der Waals surface area contributed by atoms with Gasteiger partial charge in [-0.05, 0) is 26.2 Å². The number of aliphatic carboxylic acids is 1. The Hall–Kier alpha value is -0.950. The van der Waals surface area contributed by atoms with Crippen LogP contribution in [0.15, 0.2) is 12.2 Å².